The van der Waals surface area contributed by atoms with Gasteiger partial charge < -0.3 is 10.5 Å². The van der Waals surface area contributed by atoms with E-state index in [1.165, 1.54) is 0 Å². The van der Waals surface area contributed by atoms with Crippen molar-refractivity contribution in [2.24, 2.45) is 5.73 Å². The number of primary amides is 1. The number of urea groups is 1. The Labute approximate surface area is 104 Å². The van der Waals surface area contributed by atoms with E-state index in [9.17, 15) is 14.4 Å². The van der Waals surface area contributed by atoms with Crippen LogP contribution in [0.5, 0.6) is 0 Å². The van der Waals surface area contributed by atoms with Gasteiger partial charge >= 0.3 is 12.0 Å². The SMILES string of the molecule is Cc1cccc(C(=O)OCC(=O)NC(N)=O)c1C. The second-order valence-electron chi connectivity index (χ2n) is 3.74. The van der Waals surface area contributed by atoms with E-state index in [0.717, 1.165) is 11.1 Å². The highest BCUT2D eigenvalue weighted by Crippen LogP contribution is 2.13. The first-order valence-electron chi connectivity index (χ1n) is 5.24. The molecule has 0 bridgehead atoms. The van der Waals surface area contributed by atoms with Gasteiger partial charge in [0.2, 0.25) is 0 Å². The van der Waals surface area contributed by atoms with Gasteiger partial charge in [-0.25, -0.2) is 9.59 Å². The molecule has 0 saturated heterocycles. The van der Waals surface area contributed by atoms with Gasteiger partial charge in [-0.1, -0.05) is 12.1 Å². The molecule has 3 N–H and O–H groups in total. The van der Waals surface area contributed by atoms with Crippen molar-refractivity contribution in [1.29, 1.82) is 0 Å². The minimum Gasteiger partial charge on any atom is -0.452 e. The van der Waals surface area contributed by atoms with Crippen molar-refractivity contribution in [1.82, 2.24) is 5.32 Å². The lowest BCUT2D eigenvalue weighted by atomic mass is 10.0. The van der Waals surface area contributed by atoms with Gasteiger partial charge in [-0.2, -0.15) is 0 Å². The molecule has 0 radical (unpaired) electrons. The smallest absolute Gasteiger partial charge is 0.338 e. The van der Waals surface area contributed by atoms with Gasteiger partial charge in [0.1, 0.15) is 0 Å². The fourth-order valence-corrected chi connectivity index (χ4v) is 1.35. The summed E-state index contributed by atoms with van der Waals surface area (Å²) >= 11 is 0. The van der Waals surface area contributed by atoms with Crippen LogP contribution in [0.2, 0.25) is 0 Å². The number of rotatable bonds is 3. The molecule has 18 heavy (non-hydrogen) atoms. The van der Waals surface area contributed by atoms with E-state index >= 15 is 0 Å². The zero-order chi connectivity index (χ0) is 13.7. The lowest BCUT2D eigenvalue weighted by Crippen LogP contribution is -2.37. The maximum Gasteiger partial charge on any atom is 0.338 e. The molecule has 0 aliphatic carbocycles. The van der Waals surface area contributed by atoms with Crippen molar-refractivity contribution < 1.29 is 19.1 Å². The third kappa shape index (κ3) is 3.58. The molecule has 96 valence electrons. The number of aryl methyl sites for hydroxylation is 1. The molecule has 0 atom stereocenters. The number of hydrogen-bond donors (Lipinski definition) is 2. The van der Waals surface area contributed by atoms with E-state index in [1.807, 2.05) is 13.0 Å². The summed E-state index contributed by atoms with van der Waals surface area (Å²) in [6.45, 7) is 3.11. The summed E-state index contributed by atoms with van der Waals surface area (Å²) < 4.78 is 4.77. The van der Waals surface area contributed by atoms with E-state index in [-0.39, 0.29) is 0 Å². The Bertz CT molecular complexity index is 497. The van der Waals surface area contributed by atoms with E-state index in [1.54, 1.807) is 24.4 Å². The largest absolute Gasteiger partial charge is 0.452 e. The number of amides is 3. The number of imide groups is 1. The van der Waals surface area contributed by atoms with Gasteiger partial charge in [-0.15, -0.1) is 0 Å². The maximum absolute atomic E-state index is 11.7. The number of nitrogens with two attached hydrogens (primary N) is 1. The Kier molecular flexibility index (Phi) is 4.42. The first kappa shape index (κ1) is 13.7. The first-order chi connectivity index (χ1) is 8.41. The predicted molar refractivity (Wildman–Crippen MR) is 63.9 cm³/mol. The molecular weight excluding hydrogens is 236 g/mol. The molecule has 1 aromatic carbocycles. The van der Waals surface area contributed by atoms with Crippen LogP contribution in [-0.2, 0) is 9.53 Å². The fraction of sp³-hybridized carbons (Fsp3) is 0.250. The number of hydrogen-bond acceptors (Lipinski definition) is 4. The van der Waals surface area contributed by atoms with Crippen LogP contribution in [0.3, 0.4) is 0 Å². The van der Waals surface area contributed by atoms with Gasteiger partial charge in [-0.05, 0) is 31.0 Å². The van der Waals surface area contributed by atoms with Crippen LogP contribution in [0.15, 0.2) is 18.2 Å². The molecule has 0 saturated carbocycles. The Hall–Kier alpha value is -2.37. The second-order valence-corrected chi connectivity index (χ2v) is 3.74. The van der Waals surface area contributed by atoms with E-state index in [2.05, 4.69) is 0 Å². The third-order valence-electron chi connectivity index (χ3n) is 2.42. The van der Waals surface area contributed by atoms with Gasteiger partial charge in [0, 0.05) is 0 Å². The zero-order valence-corrected chi connectivity index (χ0v) is 10.1. The van der Waals surface area contributed by atoms with E-state index in [4.69, 9.17) is 10.5 Å². The van der Waals surface area contributed by atoms with Crippen LogP contribution in [0.25, 0.3) is 0 Å². The molecule has 6 nitrogen and oxygen atoms in total. The number of nitrogens with one attached hydrogen (secondary N) is 1. The van der Waals surface area contributed by atoms with Gasteiger partial charge in [0.05, 0.1) is 5.56 Å². The van der Waals surface area contributed by atoms with Gasteiger partial charge in [0.25, 0.3) is 5.91 Å². The summed E-state index contributed by atoms with van der Waals surface area (Å²) in [6.07, 6.45) is 0. The van der Waals surface area contributed by atoms with E-state index in [0.29, 0.717) is 5.56 Å². The lowest BCUT2D eigenvalue weighted by Gasteiger charge is -2.08. The number of carbonyl (C=O) groups is 3. The molecule has 0 aliphatic heterocycles. The third-order valence-corrected chi connectivity index (χ3v) is 2.42. The number of carbonyl (C=O) groups excluding carboxylic acids is 3. The monoisotopic (exact) mass is 250 g/mol. The molecule has 0 fully saturated rings. The standard InChI is InChI=1S/C12H14N2O4/c1-7-4-3-5-9(8(7)2)11(16)18-6-10(15)14-12(13)17/h3-5H,6H2,1-2H3,(H3,13,14,15,17). The fourth-order valence-electron chi connectivity index (χ4n) is 1.35. The van der Waals surface area contributed by atoms with Crippen molar-refractivity contribution in [2.75, 3.05) is 6.61 Å². The molecule has 1 aromatic rings. The van der Waals surface area contributed by atoms with Gasteiger partial charge in [0.15, 0.2) is 6.61 Å². The topological polar surface area (TPSA) is 98.5 Å². The minimum absolute atomic E-state index is 0.391. The van der Waals surface area contributed by atoms with Crippen LogP contribution in [0.4, 0.5) is 4.79 Å². The van der Waals surface area contributed by atoms with Crippen LogP contribution in [-0.4, -0.2) is 24.5 Å². The summed E-state index contributed by atoms with van der Waals surface area (Å²) in [4.78, 5) is 33.1. The number of esters is 1. The summed E-state index contributed by atoms with van der Waals surface area (Å²) in [5, 5.41) is 1.80. The summed E-state index contributed by atoms with van der Waals surface area (Å²) in [7, 11) is 0. The average Bonchev–Trinajstić information content (AvgIpc) is 2.29. The Balaban J connectivity index is 2.64. The van der Waals surface area contributed by atoms with Gasteiger partial charge in [-0.3, -0.25) is 10.1 Å². The Morgan fingerprint density at radius 1 is 1.28 bits per heavy atom. The zero-order valence-electron chi connectivity index (χ0n) is 10.1. The Morgan fingerprint density at radius 3 is 2.56 bits per heavy atom. The van der Waals surface area contributed by atoms with Crippen molar-refractivity contribution in [2.45, 2.75) is 13.8 Å². The van der Waals surface area contributed by atoms with Crippen molar-refractivity contribution >= 4 is 17.9 Å². The van der Waals surface area contributed by atoms with Crippen molar-refractivity contribution in [3.63, 3.8) is 0 Å². The molecular formula is C12H14N2O4. The molecule has 6 heteroatoms. The van der Waals surface area contributed by atoms with Crippen LogP contribution < -0.4 is 11.1 Å². The molecule has 0 spiro atoms. The quantitative estimate of drug-likeness (QED) is 0.769. The highest BCUT2D eigenvalue weighted by atomic mass is 16.5. The summed E-state index contributed by atoms with van der Waals surface area (Å²) in [5.41, 5.74) is 6.87. The van der Waals surface area contributed by atoms with Crippen LogP contribution >= 0.6 is 0 Å². The molecule has 0 heterocycles. The normalized spacial score (nSPS) is 9.67. The molecule has 3 amide bonds. The second kappa shape index (κ2) is 5.81. The predicted octanol–water partition coefficient (Wildman–Crippen LogP) is 0.655. The van der Waals surface area contributed by atoms with Crippen molar-refractivity contribution in [3.8, 4) is 0 Å². The Morgan fingerprint density at radius 2 is 1.94 bits per heavy atom. The number of benzene rings is 1. The maximum atomic E-state index is 11.7. The molecule has 0 unspecified atom stereocenters. The molecule has 0 aromatic heterocycles. The van der Waals surface area contributed by atoms with Crippen LogP contribution in [0.1, 0.15) is 21.5 Å². The lowest BCUT2D eigenvalue weighted by molar-refractivity contribution is -0.123. The average molecular weight is 250 g/mol. The van der Waals surface area contributed by atoms with Crippen LogP contribution in [0, 0.1) is 13.8 Å². The number of ether oxygens (including phenoxy) is 1. The molecule has 1 rings (SSSR count). The minimum atomic E-state index is -0.984. The highest BCUT2D eigenvalue weighted by molar-refractivity contribution is 5.96. The summed E-state index contributed by atoms with van der Waals surface area (Å²) in [5.74, 6) is -1.38. The van der Waals surface area contributed by atoms with E-state index < -0.39 is 24.5 Å². The summed E-state index contributed by atoms with van der Waals surface area (Å²) in [6, 6.07) is 4.22. The highest BCUT2D eigenvalue weighted by Gasteiger charge is 2.13. The molecule has 0 aliphatic rings. The first-order valence-corrected chi connectivity index (χ1v) is 5.24. The van der Waals surface area contributed by atoms with Crippen molar-refractivity contribution in [3.05, 3.63) is 34.9 Å².